The first-order chi connectivity index (χ1) is 4.54. The highest BCUT2D eigenvalue weighted by atomic mass is 16.1. The van der Waals surface area contributed by atoms with Gasteiger partial charge in [0.25, 0.3) is 0 Å². The smallest absolute Gasteiger partial charge is 0.134 e. The van der Waals surface area contributed by atoms with Crippen molar-refractivity contribution in [2.45, 2.75) is 20.8 Å². The van der Waals surface area contributed by atoms with Crippen LogP contribution >= 0.6 is 0 Å². The lowest BCUT2D eigenvalue weighted by atomic mass is 9.80. The maximum Gasteiger partial charge on any atom is 0.134 e. The molecule has 1 N–H and O–H groups in total. The zero-order chi connectivity index (χ0) is 7.78. The van der Waals surface area contributed by atoms with Crippen LogP contribution in [0.25, 0.3) is 0 Å². The molecule has 58 valence electrons. The zero-order valence-electron chi connectivity index (χ0n) is 6.90. The Morgan fingerprint density at radius 3 is 2.40 bits per heavy atom. The highest BCUT2D eigenvalue weighted by Gasteiger charge is 2.36. The molecule has 1 heterocycles. The summed E-state index contributed by atoms with van der Waals surface area (Å²) in [6.07, 6.45) is 0. The number of hydrogen-bond acceptors (Lipinski definition) is 2. The summed E-state index contributed by atoms with van der Waals surface area (Å²) in [6, 6.07) is 0. The molecule has 1 aliphatic heterocycles. The van der Waals surface area contributed by atoms with Gasteiger partial charge >= 0.3 is 0 Å². The molecule has 1 fully saturated rings. The SMILES string of the molecule is CC(=O)C1CNCC1(C)C. The first kappa shape index (κ1) is 7.73. The van der Waals surface area contributed by atoms with Crippen LogP contribution in [0.15, 0.2) is 0 Å². The topological polar surface area (TPSA) is 29.1 Å². The summed E-state index contributed by atoms with van der Waals surface area (Å²) in [6.45, 7) is 7.79. The molecule has 0 bridgehead atoms. The molecule has 1 rings (SSSR count). The van der Waals surface area contributed by atoms with Crippen molar-refractivity contribution in [3.63, 3.8) is 0 Å². The molecule has 0 amide bonds. The Bertz CT molecular complexity index is 151. The fourth-order valence-electron chi connectivity index (χ4n) is 1.63. The number of rotatable bonds is 1. The quantitative estimate of drug-likeness (QED) is 0.585. The minimum absolute atomic E-state index is 0.172. The van der Waals surface area contributed by atoms with Gasteiger partial charge in [-0.1, -0.05) is 13.8 Å². The molecule has 1 saturated heterocycles. The van der Waals surface area contributed by atoms with Crippen molar-refractivity contribution in [2.24, 2.45) is 11.3 Å². The normalized spacial score (nSPS) is 30.5. The van der Waals surface area contributed by atoms with Crippen LogP contribution in [-0.2, 0) is 4.79 Å². The molecular formula is C8H15NO. The van der Waals surface area contributed by atoms with Gasteiger partial charge in [-0.2, -0.15) is 0 Å². The Morgan fingerprint density at radius 1 is 1.60 bits per heavy atom. The fourth-order valence-corrected chi connectivity index (χ4v) is 1.63. The van der Waals surface area contributed by atoms with Crippen molar-refractivity contribution in [3.8, 4) is 0 Å². The average molecular weight is 141 g/mol. The summed E-state index contributed by atoms with van der Waals surface area (Å²) in [7, 11) is 0. The average Bonchev–Trinajstić information content (AvgIpc) is 2.08. The van der Waals surface area contributed by atoms with Gasteiger partial charge in [0.15, 0.2) is 0 Å². The van der Waals surface area contributed by atoms with E-state index in [1.54, 1.807) is 6.92 Å². The second kappa shape index (κ2) is 2.35. The molecule has 0 radical (unpaired) electrons. The van der Waals surface area contributed by atoms with Gasteiger partial charge in [-0.3, -0.25) is 4.79 Å². The number of ketones is 1. The van der Waals surface area contributed by atoms with E-state index in [1.165, 1.54) is 0 Å². The van der Waals surface area contributed by atoms with Crippen molar-refractivity contribution in [2.75, 3.05) is 13.1 Å². The highest BCUT2D eigenvalue weighted by molar-refractivity contribution is 5.79. The van der Waals surface area contributed by atoms with Crippen molar-refractivity contribution in [1.82, 2.24) is 5.32 Å². The third kappa shape index (κ3) is 1.21. The molecule has 0 saturated carbocycles. The monoisotopic (exact) mass is 141 g/mol. The van der Waals surface area contributed by atoms with Crippen molar-refractivity contribution < 1.29 is 4.79 Å². The lowest BCUT2D eigenvalue weighted by Crippen LogP contribution is -2.27. The van der Waals surface area contributed by atoms with Crippen LogP contribution in [0, 0.1) is 11.3 Å². The van der Waals surface area contributed by atoms with Gasteiger partial charge in [-0.05, 0) is 12.3 Å². The van der Waals surface area contributed by atoms with Gasteiger partial charge in [-0.15, -0.1) is 0 Å². The Labute approximate surface area is 62.0 Å². The van der Waals surface area contributed by atoms with Gasteiger partial charge < -0.3 is 5.32 Å². The highest BCUT2D eigenvalue weighted by Crippen LogP contribution is 2.30. The third-order valence-corrected chi connectivity index (χ3v) is 2.36. The number of carbonyl (C=O) groups excluding carboxylic acids is 1. The first-order valence-electron chi connectivity index (χ1n) is 3.75. The summed E-state index contributed by atoms with van der Waals surface area (Å²) in [5.41, 5.74) is 0.172. The second-order valence-corrected chi connectivity index (χ2v) is 3.78. The van der Waals surface area contributed by atoms with Gasteiger partial charge in [0.05, 0.1) is 0 Å². The molecule has 1 unspecified atom stereocenters. The lowest BCUT2D eigenvalue weighted by molar-refractivity contribution is -0.122. The molecule has 2 nitrogen and oxygen atoms in total. The van der Waals surface area contributed by atoms with Crippen molar-refractivity contribution >= 4 is 5.78 Å². The molecule has 1 atom stereocenters. The Hall–Kier alpha value is -0.370. The van der Waals surface area contributed by atoms with Crippen LogP contribution in [0.1, 0.15) is 20.8 Å². The molecule has 0 aromatic rings. The van der Waals surface area contributed by atoms with Crippen molar-refractivity contribution in [3.05, 3.63) is 0 Å². The van der Waals surface area contributed by atoms with E-state index in [9.17, 15) is 4.79 Å². The van der Waals surface area contributed by atoms with Crippen LogP contribution in [0.3, 0.4) is 0 Å². The Morgan fingerprint density at radius 2 is 2.20 bits per heavy atom. The van der Waals surface area contributed by atoms with E-state index in [0.29, 0.717) is 5.78 Å². The molecule has 10 heavy (non-hydrogen) atoms. The summed E-state index contributed by atoms with van der Waals surface area (Å²) < 4.78 is 0. The minimum Gasteiger partial charge on any atom is -0.315 e. The van der Waals surface area contributed by atoms with E-state index in [1.807, 2.05) is 0 Å². The van der Waals surface area contributed by atoms with E-state index >= 15 is 0 Å². The van der Waals surface area contributed by atoms with Crippen LogP contribution < -0.4 is 5.32 Å². The largest absolute Gasteiger partial charge is 0.315 e. The molecular weight excluding hydrogens is 126 g/mol. The molecule has 1 aliphatic rings. The van der Waals surface area contributed by atoms with Crippen LogP contribution in [0.2, 0.25) is 0 Å². The Balaban J connectivity index is 2.68. The van der Waals surface area contributed by atoms with E-state index in [0.717, 1.165) is 13.1 Å². The standard InChI is InChI=1S/C8H15NO/c1-6(10)7-4-9-5-8(7,2)3/h7,9H,4-5H2,1-3H3. The van der Waals surface area contributed by atoms with Gasteiger partial charge in [0.1, 0.15) is 5.78 Å². The van der Waals surface area contributed by atoms with E-state index < -0.39 is 0 Å². The molecule has 0 aromatic heterocycles. The zero-order valence-corrected chi connectivity index (χ0v) is 6.90. The predicted octanol–water partition coefficient (Wildman–Crippen LogP) is 0.821. The summed E-state index contributed by atoms with van der Waals surface area (Å²) in [4.78, 5) is 11.0. The first-order valence-corrected chi connectivity index (χ1v) is 3.75. The molecule has 2 heteroatoms. The van der Waals surface area contributed by atoms with Gasteiger partial charge in [0, 0.05) is 19.0 Å². The Kier molecular flexibility index (Phi) is 1.82. The maximum absolute atomic E-state index is 11.0. The van der Waals surface area contributed by atoms with Crippen LogP contribution in [-0.4, -0.2) is 18.9 Å². The van der Waals surface area contributed by atoms with E-state index in [-0.39, 0.29) is 11.3 Å². The number of carbonyl (C=O) groups is 1. The summed E-state index contributed by atoms with van der Waals surface area (Å²) in [5.74, 6) is 0.544. The van der Waals surface area contributed by atoms with Crippen molar-refractivity contribution in [1.29, 1.82) is 0 Å². The number of Topliss-reactive ketones (excluding diaryl/α,β-unsaturated/α-hetero) is 1. The van der Waals surface area contributed by atoms with Gasteiger partial charge in [0.2, 0.25) is 0 Å². The summed E-state index contributed by atoms with van der Waals surface area (Å²) >= 11 is 0. The van der Waals surface area contributed by atoms with E-state index in [2.05, 4.69) is 19.2 Å². The molecule has 0 aromatic carbocycles. The lowest BCUT2D eigenvalue weighted by Gasteiger charge is -2.22. The summed E-state index contributed by atoms with van der Waals surface area (Å²) in [5, 5.41) is 3.22. The van der Waals surface area contributed by atoms with Crippen LogP contribution in [0.5, 0.6) is 0 Å². The third-order valence-electron chi connectivity index (χ3n) is 2.36. The second-order valence-electron chi connectivity index (χ2n) is 3.78. The predicted molar refractivity (Wildman–Crippen MR) is 40.8 cm³/mol. The molecule has 0 aliphatic carbocycles. The fraction of sp³-hybridized carbons (Fsp3) is 0.875. The van der Waals surface area contributed by atoms with E-state index in [4.69, 9.17) is 0 Å². The number of nitrogens with one attached hydrogen (secondary N) is 1. The minimum atomic E-state index is 0.172. The maximum atomic E-state index is 11.0. The number of hydrogen-bond donors (Lipinski definition) is 1. The molecule has 0 spiro atoms. The van der Waals surface area contributed by atoms with Gasteiger partial charge in [-0.25, -0.2) is 0 Å². The van der Waals surface area contributed by atoms with Crippen LogP contribution in [0.4, 0.5) is 0 Å².